The SMILES string of the molecule is CC(C)OC1CC(S(=O)(=O)c2ccc(Br)cc2C(F)(F)F)CC1C(=O)NC1(C#N)CC1. The van der Waals surface area contributed by atoms with Gasteiger partial charge in [0.1, 0.15) is 5.54 Å². The molecule has 170 valence electrons. The molecule has 0 spiro atoms. The van der Waals surface area contributed by atoms with E-state index in [0.717, 1.165) is 12.1 Å². The van der Waals surface area contributed by atoms with Crippen molar-refractivity contribution in [1.82, 2.24) is 5.32 Å². The maximum Gasteiger partial charge on any atom is 0.417 e. The second-order valence-electron chi connectivity index (χ2n) is 8.29. The second-order valence-corrected chi connectivity index (χ2v) is 11.4. The Balaban J connectivity index is 1.92. The van der Waals surface area contributed by atoms with Crippen LogP contribution in [0.4, 0.5) is 13.2 Å². The lowest BCUT2D eigenvalue weighted by atomic mass is 10.0. The van der Waals surface area contributed by atoms with E-state index in [-0.39, 0.29) is 23.4 Å². The Labute approximate surface area is 187 Å². The number of alkyl halides is 3. The number of hydrogen-bond donors (Lipinski definition) is 1. The van der Waals surface area contributed by atoms with Crippen LogP contribution in [0.5, 0.6) is 0 Å². The van der Waals surface area contributed by atoms with Gasteiger partial charge in [0.05, 0.1) is 39.9 Å². The molecule has 0 radical (unpaired) electrons. The summed E-state index contributed by atoms with van der Waals surface area (Å²) in [5, 5.41) is 10.7. The van der Waals surface area contributed by atoms with Gasteiger partial charge in [-0.25, -0.2) is 8.42 Å². The first kappa shape index (κ1) is 24.0. The van der Waals surface area contributed by atoms with Gasteiger partial charge in [0.2, 0.25) is 5.91 Å². The van der Waals surface area contributed by atoms with Crippen LogP contribution in [0.1, 0.15) is 45.1 Å². The number of ether oxygens (including phenoxy) is 1. The van der Waals surface area contributed by atoms with E-state index >= 15 is 0 Å². The molecule has 0 heterocycles. The molecular formula is C20H22BrF3N2O4S. The Kier molecular flexibility index (Phi) is 6.48. The van der Waals surface area contributed by atoms with Crippen molar-refractivity contribution in [2.24, 2.45) is 5.92 Å². The molecule has 6 nitrogen and oxygen atoms in total. The molecule has 0 bridgehead atoms. The molecule has 2 aliphatic carbocycles. The van der Waals surface area contributed by atoms with Gasteiger partial charge in [-0.15, -0.1) is 0 Å². The summed E-state index contributed by atoms with van der Waals surface area (Å²) in [6.07, 6.45) is -5.22. The van der Waals surface area contributed by atoms with Crippen LogP contribution in [0.25, 0.3) is 0 Å². The summed E-state index contributed by atoms with van der Waals surface area (Å²) in [6.45, 7) is 3.45. The Hall–Kier alpha value is -1.64. The highest BCUT2D eigenvalue weighted by Gasteiger charge is 2.51. The molecule has 11 heteroatoms. The Morgan fingerprint density at radius 3 is 2.48 bits per heavy atom. The van der Waals surface area contributed by atoms with E-state index in [4.69, 9.17) is 4.74 Å². The van der Waals surface area contributed by atoms with E-state index in [0.29, 0.717) is 12.8 Å². The minimum atomic E-state index is -4.86. The third-order valence-electron chi connectivity index (χ3n) is 5.56. The lowest BCUT2D eigenvalue weighted by molar-refractivity contribution is -0.140. The molecule has 31 heavy (non-hydrogen) atoms. The maximum atomic E-state index is 13.5. The molecule has 0 aromatic heterocycles. The zero-order valence-corrected chi connectivity index (χ0v) is 19.3. The fourth-order valence-electron chi connectivity index (χ4n) is 3.85. The fourth-order valence-corrected chi connectivity index (χ4v) is 6.22. The van der Waals surface area contributed by atoms with Gasteiger partial charge < -0.3 is 10.1 Å². The minimum Gasteiger partial charge on any atom is -0.375 e. The van der Waals surface area contributed by atoms with E-state index in [9.17, 15) is 31.6 Å². The van der Waals surface area contributed by atoms with Crippen molar-refractivity contribution in [2.45, 2.75) is 73.6 Å². The standard InChI is InChI=1S/C20H22BrF3N2O4S/c1-11(2)30-16-9-13(8-14(16)18(27)26-19(10-25)5-6-19)31(28,29)17-4-3-12(21)7-15(17)20(22,23)24/h3-4,7,11,13-14,16H,5-6,8-9H2,1-2H3,(H,26,27). The molecule has 2 aliphatic rings. The monoisotopic (exact) mass is 522 g/mol. The highest BCUT2D eigenvalue weighted by molar-refractivity contribution is 9.10. The van der Waals surface area contributed by atoms with Crippen LogP contribution in [0.15, 0.2) is 27.6 Å². The van der Waals surface area contributed by atoms with Crippen LogP contribution in [0.3, 0.4) is 0 Å². The Morgan fingerprint density at radius 1 is 1.32 bits per heavy atom. The number of carbonyl (C=O) groups excluding carboxylic acids is 1. The lowest BCUT2D eigenvalue weighted by Gasteiger charge is -2.22. The molecule has 1 amide bonds. The van der Waals surface area contributed by atoms with Crippen LogP contribution in [-0.2, 0) is 25.5 Å². The van der Waals surface area contributed by atoms with Crippen molar-refractivity contribution in [3.63, 3.8) is 0 Å². The van der Waals surface area contributed by atoms with Crippen LogP contribution in [0.2, 0.25) is 0 Å². The van der Waals surface area contributed by atoms with Crippen molar-refractivity contribution < 1.29 is 31.1 Å². The van der Waals surface area contributed by atoms with Gasteiger partial charge in [-0.3, -0.25) is 4.79 Å². The van der Waals surface area contributed by atoms with Gasteiger partial charge in [0.25, 0.3) is 0 Å². The van der Waals surface area contributed by atoms with E-state index < -0.39 is 55.2 Å². The predicted octanol–water partition coefficient (Wildman–Crippen LogP) is 3.99. The van der Waals surface area contributed by atoms with Gasteiger partial charge in [-0.2, -0.15) is 18.4 Å². The lowest BCUT2D eigenvalue weighted by Crippen LogP contribution is -2.43. The van der Waals surface area contributed by atoms with E-state index in [1.54, 1.807) is 13.8 Å². The quantitative estimate of drug-likeness (QED) is 0.609. The van der Waals surface area contributed by atoms with Gasteiger partial charge in [0, 0.05) is 4.47 Å². The average Bonchev–Trinajstić information content (AvgIpc) is 3.29. The minimum absolute atomic E-state index is 0.106. The second kappa shape index (κ2) is 8.37. The number of sulfone groups is 1. The summed E-state index contributed by atoms with van der Waals surface area (Å²) in [4.78, 5) is 12.0. The first-order valence-electron chi connectivity index (χ1n) is 9.78. The molecule has 3 atom stereocenters. The molecular weight excluding hydrogens is 501 g/mol. The van der Waals surface area contributed by atoms with Crippen molar-refractivity contribution >= 4 is 31.7 Å². The first-order chi connectivity index (χ1) is 14.3. The molecule has 1 aromatic carbocycles. The van der Waals surface area contributed by atoms with Gasteiger partial charge >= 0.3 is 6.18 Å². The van der Waals surface area contributed by atoms with Gasteiger partial charge in [-0.05, 0) is 57.7 Å². The number of hydrogen-bond acceptors (Lipinski definition) is 5. The van der Waals surface area contributed by atoms with Crippen LogP contribution < -0.4 is 5.32 Å². The largest absolute Gasteiger partial charge is 0.417 e. The van der Waals surface area contributed by atoms with E-state index in [1.165, 1.54) is 6.07 Å². The Morgan fingerprint density at radius 2 is 1.97 bits per heavy atom. The third-order valence-corrected chi connectivity index (χ3v) is 8.29. The highest BCUT2D eigenvalue weighted by atomic mass is 79.9. The zero-order valence-electron chi connectivity index (χ0n) is 16.9. The number of amides is 1. The number of benzene rings is 1. The molecule has 3 unspecified atom stereocenters. The van der Waals surface area contributed by atoms with Crippen molar-refractivity contribution in [1.29, 1.82) is 5.26 Å². The number of halogens is 4. The first-order valence-corrected chi connectivity index (χ1v) is 12.1. The third kappa shape index (κ3) is 5.07. The number of nitrogens with zero attached hydrogens (tertiary/aromatic N) is 1. The maximum absolute atomic E-state index is 13.5. The number of carbonyl (C=O) groups is 1. The molecule has 1 aromatic rings. The average molecular weight is 523 g/mol. The van der Waals surface area contributed by atoms with E-state index in [2.05, 4.69) is 21.2 Å². The summed E-state index contributed by atoms with van der Waals surface area (Å²) in [5.41, 5.74) is -2.19. The van der Waals surface area contributed by atoms with Gasteiger partial charge in [-0.1, -0.05) is 15.9 Å². The fraction of sp³-hybridized carbons (Fsp3) is 0.600. The van der Waals surface area contributed by atoms with Crippen LogP contribution in [0, 0.1) is 17.2 Å². The molecule has 2 fully saturated rings. The summed E-state index contributed by atoms with van der Waals surface area (Å²) >= 11 is 2.95. The van der Waals surface area contributed by atoms with Gasteiger partial charge in [0.15, 0.2) is 9.84 Å². The normalized spacial score (nSPS) is 25.3. The van der Waals surface area contributed by atoms with Crippen molar-refractivity contribution in [2.75, 3.05) is 0 Å². The summed E-state index contributed by atoms with van der Waals surface area (Å²) in [5.74, 6) is -1.38. The summed E-state index contributed by atoms with van der Waals surface area (Å²) < 4.78 is 72.9. The molecule has 1 N–H and O–H groups in total. The zero-order chi connectivity index (χ0) is 23.2. The highest BCUT2D eigenvalue weighted by Crippen LogP contribution is 2.42. The topological polar surface area (TPSA) is 96.3 Å². The summed E-state index contributed by atoms with van der Waals surface area (Å²) in [6, 6.07) is 4.95. The number of rotatable bonds is 6. The van der Waals surface area contributed by atoms with E-state index in [1.807, 2.05) is 6.07 Å². The molecule has 0 aliphatic heterocycles. The summed E-state index contributed by atoms with van der Waals surface area (Å²) in [7, 11) is -4.40. The predicted molar refractivity (Wildman–Crippen MR) is 109 cm³/mol. The Bertz CT molecular complexity index is 1020. The van der Waals surface area contributed by atoms with Crippen LogP contribution >= 0.6 is 15.9 Å². The molecule has 3 rings (SSSR count). The molecule has 2 saturated carbocycles. The van der Waals surface area contributed by atoms with Crippen LogP contribution in [-0.4, -0.2) is 37.3 Å². The number of nitriles is 1. The number of nitrogens with one attached hydrogen (secondary N) is 1. The van der Waals surface area contributed by atoms with Crippen molar-refractivity contribution in [3.05, 3.63) is 28.2 Å². The molecule has 0 saturated heterocycles. The smallest absolute Gasteiger partial charge is 0.375 e. The van der Waals surface area contributed by atoms with Crippen molar-refractivity contribution in [3.8, 4) is 6.07 Å².